The summed E-state index contributed by atoms with van der Waals surface area (Å²) in [5, 5.41) is 41.1. The molecule has 2 heterocycles. The van der Waals surface area contributed by atoms with Crippen molar-refractivity contribution in [1.82, 2.24) is 0 Å². The minimum absolute atomic E-state index is 0.138. The number of aliphatic hydroxyl groups is 4. The molecule has 2 aliphatic rings. The lowest BCUT2D eigenvalue weighted by atomic mass is 9.83. The highest BCUT2D eigenvalue weighted by molar-refractivity contribution is 5.39. The van der Waals surface area contributed by atoms with E-state index in [4.69, 9.17) is 14.2 Å². The zero-order chi connectivity index (χ0) is 20.8. The molecule has 4 rings (SSSR count). The molecule has 2 bridgehead atoms. The Kier molecular flexibility index (Phi) is 5.14. The summed E-state index contributed by atoms with van der Waals surface area (Å²) in [6, 6.07) is 13.3. The normalized spacial score (nSPS) is 33.7. The molecule has 2 aromatic carbocycles. The maximum Gasteiger partial charge on any atom is 0.225 e. The van der Waals surface area contributed by atoms with Gasteiger partial charge in [-0.2, -0.15) is 0 Å². The van der Waals surface area contributed by atoms with Gasteiger partial charge in [0.2, 0.25) is 5.79 Å². The van der Waals surface area contributed by atoms with Gasteiger partial charge in [-0.3, -0.25) is 0 Å². The lowest BCUT2D eigenvalue weighted by Crippen LogP contribution is -2.65. The van der Waals surface area contributed by atoms with Crippen molar-refractivity contribution in [3.05, 3.63) is 64.7 Å². The van der Waals surface area contributed by atoms with E-state index in [1.165, 1.54) is 0 Å². The molecule has 7 heteroatoms. The molecule has 0 aliphatic carbocycles. The van der Waals surface area contributed by atoms with Crippen LogP contribution < -0.4 is 4.74 Å². The van der Waals surface area contributed by atoms with Crippen molar-refractivity contribution in [1.29, 1.82) is 0 Å². The van der Waals surface area contributed by atoms with Gasteiger partial charge in [0.25, 0.3) is 0 Å². The molecule has 2 aliphatic heterocycles. The van der Waals surface area contributed by atoms with Crippen LogP contribution in [0.15, 0.2) is 42.5 Å². The Hall–Kier alpha value is -2.00. The largest absolute Gasteiger partial charge is 0.497 e. The van der Waals surface area contributed by atoms with E-state index < -0.39 is 36.3 Å². The van der Waals surface area contributed by atoms with Crippen LogP contribution in [-0.4, -0.2) is 64.7 Å². The fraction of sp³-hybridized carbons (Fsp3) is 0.455. The third-order valence-electron chi connectivity index (χ3n) is 6.03. The molecule has 0 radical (unpaired) electrons. The first-order chi connectivity index (χ1) is 13.8. The van der Waals surface area contributed by atoms with Gasteiger partial charge in [0.05, 0.1) is 20.3 Å². The Bertz CT molecular complexity index is 883. The van der Waals surface area contributed by atoms with E-state index in [2.05, 4.69) is 0 Å². The van der Waals surface area contributed by atoms with Crippen LogP contribution in [0.4, 0.5) is 0 Å². The molecule has 2 aromatic rings. The summed E-state index contributed by atoms with van der Waals surface area (Å²) in [7, 11) is 1.62. The van der Waals surface area contributed by atoms with Crippen molar-refractivity contribution < 1.29 is 34.6 Å². The number of fused-ring (bicyclic) bond motifs is 2. The van der Waals surface area contributed by atoms with Crippen LogP contribution >= 0.6 is 0 Å². The molecule has 29 heavy (non-hydrogen) atoms. The van der Waals surface area contributed by atoms with Crippen molar-refractivity contribution in [3.8, 4) is 5.75 Å². The van der Waals surface area contributed by atoms with Gasteiger partial charge in [0, 0.05) is 5.56 Å². The van der Waals surface area contributed by atoms with E-state index in [0.717, 1.165) is 22.4 Å². The summed E-state index contributed by atoms with van der Waals surface area (Å²) in [6.45, 7) is 1.31. The van der Waals surface area contributed by atoms with Gasteiger partial charge < -0.3 is 34.6 Å². The van der Waals surface area contributed by atoms with E-state index in [9.17, 15) is 20.4 Å². The first kappa shape index (κ1) is 20.3. The molecular formula is C22H26O7. The molecule has 0 amide bonds. The van der Waals surface area contributed by atoms with E-state index in [1.54, 1.807) is 13.2 Å². The maximum atomic E-state index is 10.7. The average molecular weight is 402 g/mol. The van der Waals surface area contributed by atoms with Crippen molar-refractivity contribution in [2.75, 3.05) is 20.3 Å². The third kappa shape index (κ3) is 3.15. The fourth-order valence-electron chi connectivity index (χ4n) is 4.12. The standard InChI is InChI=1S/C22H26O7/c1-13-3-6-16(10-15(13)9-14-4-7-17(27-2)8-5-14)22-20(26)18(24)19(25)21(11-23,29-22)12-28-22/h3-8,10,18-20,23-26H,9,11-12H2,1-2H3/t18-,19-,20-,21-,22-/m0/s1. The van der Waals surface area contributed by atoms with Crippen LogP contribution in [0.1, 0.15) is 22.3 Å². The van der Waals surface area contributed by atoms with Gasteiger partial charge >= 0.3 is 0 Å². The van der Waals surface area contributed by atoms with Crippen molar-refractivity contribution in [3.63, 3.8) is 0 Å². The second-order valence-electron chi connectivity index (χ2n) is 7.83. The maximum absolute atomic E-state index is 10.7. The van der Waals surface area contributed by atoms with Crippen LogP contribution in [-0.2, 0) is 21.7 Å². The minimum Gasteiger partial charge on any atom is -0.497 e. The number of rotatable bonds is 5. The molecular weight excluding hydrogens is 376 g/mol. The number of ether oxygens (including phenoxy) is 3. The number of benzene rings is 2. The van der Waals surface area contributed by atoms with Gasteiger partial charge in [0.15, 0.2) is 0 Å². The molecule has 4 N–H and O–H groups in total. The van der Waals surface area contributed by atoms with E-state index in [0.29, 0.717) is 12.0 Å². The highest BCUT2D eigenvalue weighted by Gasteiger charge is 2.67. The zero-order valence-corrected chi connectivity index (χ0v) is 16.4. The smallest absolute Gasteiger partial charge is 0.225 e. The molecule has 0 unspecified atom stereocenters. The Balaban J connectivity index is 1.69. The molecule has 2 fully saturated rings. The molecule has 5 atom stereocenters. The monoisotopic (exact) mass is 402 g/mol. The highest BCUT2D eigenvalue weighted by Crippen LogP contribution is 2.49. The highest BCUT2D eigenvalue weighted by atomic mass is 16.8. The van der Waals surface area contributed by atoms with Crippen LogP contribution in [0.25, 0.3) is 0 Å². The Morgan fingerprint density at radius 2 is 1.79 bits per heavy atom. The number of hydrogen-bond donors (Lipinski definition) is 4. The summed E-state index contributed by atoms with van der Waals surface area (Å²) in [5.74, 6) is -0.868. The second kappa shape index (κ2) is 7.36. The predicted molar refractivity (Wildman–Crippen MR) is 104 cm³/mol. The van der Waals surface area contributed by atoms with Gasteiger partial charge in [0.1, 0.15) is 29.7 Å². The summed E-state index contributed by atoms with van der Waals surface area (Å²) in [6.07, 6.45) is -3.82. The summed E-state index contributed by atoms with van der Waals surface area (Å²) in [4.78, 5) is 0. The van der Waals surface area contributed by atoms with Crippen molar-refractivity contribution in [2.45, 2.75) is 43.0 Å². The summed E-state index contributed by atoms with van der Waals surface area (Å²) < 4.78 is 16.9. The van der Waals surface area contributed by atoms with E-state index in [1.807, 2.05) is 43.3 Å². The van der Waals surface area contributed by atoms with Crippen molar-refractivity contribution in [2.24, 2.45) is 0 Å². The first-order valence-electron chi connectivity index (χ1n) is 9.57. The number of aryl methyl sites for hydroxylation is 1. The molecule has 156 valence electrons. The van der Waals surface area contributed by atoms with Crippen molar-refractivity contribution >= 4 is 0 Å². The average Bonchev–Trinajstić information content (AvgIpc) is 3.13. The Morgan fingerprint density at radius 1 is 1.07 bits per heavy atom. The second-order valence-corrected chi connectivity index (χ2v) is 7.83. The van der Waals surface area contributed by atoms with Gasteiger partial charge in [-0.15, -0.1) is 0 Å². The quantitative estimate of drug-likeness (QED) is 0.581. The predicted octanol–water partition coefficient (Wildman–Crippen LogP) is 0.621. The molecule has 0 saturated carbocycles. The number of aliphatic hydroxyl groups excluding tert-OH is 4. The molecule has 2 saturated heterocycles. The molecule has 0 spiro atoms. The lowest BCUT2D eigenvalue weighted by Gasteiger charge is -2.46. The first-order valence-corrected chi connectivity index (χ1v) is 9.57. The van der Waals surface area contributed by atoms with E-state index in [-0.39, 0.29) is 6.61 Å². The molecule has 0 aromatic heterocycles. The van der Waals surface area contributed by atoms with Crippen LogP contribution in [0, 0.1) is 6.92 Å². The number of methoxy groups -OCH3 is 1. The summed E-state index contributed by atoms with van der Waals surface area (Å²) >= 11 is 0. The van der Waals surface area contributed by atoms with Crippen LogP contribution in [0.5, 0.6) is 5.75 Å². The molecule has 7 nitrogen and oxygen atoms in total. The minimum atomic E-state index is -1.65. The number of hydrogen-bond acceptors (Lipinski definition) is 7. The SMILES string of the molecule is COc1ccc(Cc2cc([C@]34OC[C@](CO)(O3)[C@@H](O)[C@H](O)[C@@H]4O)ccc2C)cc1. The van der Waals surface area contributed by atoms with Gasteiger partial charge in [-0.1, -0.05) is 24.3 Å². The van der Waals surface area contributed by atoms with Gasteiger partial charge in [-0.05, 0) is 48.2 Å². The Morgan fingerprint density at radius 3 is 2.45 bits per heavy atom. The topological polar surface area (TPSA) is 109 Å². The Labute approximate surface area is 169 Å². The fourth-order valence-corrected chi connectivity index (χ4v) is 4.12. The van der Waals surface area contributed by atoms with Gasteiger partial charge in [-0.25, -0.2) is 0 Å². The third-order valence-corrected chi connectivity index (χ3v) is 6.03. The van der Waals surface area contributed by atoms with Crippen LogP contribution in [0.3, 0.4) is 0 Å². The van der Waals surface area contributed by atoms with E-state index >= 15 is 0 Å². The lowest BCUT2D eigenvalue weighted by molar-refractivity contribution is -0.329. The zero-order valence-electron chi connectivity index (χ0n) is 16.4. The summed E-state index contributed by atoms with van der Waals surface area (Å²) in [5.41, 5.74) is 2.20. The van der Waals surface area contributed by atoms with Crippen LogP contribution in [0.2, 0.25) is 0 Å².